The molecule has 140 valence electrons. The first-order chi connectivity index (χ1) is 13.0. The lowest BCUT2D eigenvalue weighted by molar-refractivity contribution is -0.120. The van der Waals surface area contributed by atoms with E-state index in [2.05, 4.69) is 25.3 Å². The number of piperidine rings is 1. The van der Waals surface area contributed by atoms with Crippen molar-refractivity contribution in [2.75, 3.05) is 23.3 Å². The minimum Gasteiger partial charge on any atom is -0.356 e. The second-order valence-corrected chi connectivity index (χ2v) is 6.88. The largest absolute Gasteiger partial charge is 0.356 e. The average molecular weight is 368 g/mol. The SMILES string of the molecule is Cc1nc2ncnn2c(N2CCC(C(=O)Nc3cccc(F)c3)CC2)c1C. The van der Waals surface area contributed by atoms with Gasteiger partial charge in [0.05, 0.1) is 0 Å². The van der Waals surface area contributed by atoms with E-state index in [-0.39, 0.29) is 17.6 Å². The Balaban J connectivity index is 1.47. The van der Waals surface area contributed by atoms with Gasteiger partial charge in [0.2, 0.25) is 5.91 Å². The molecule has 0 spiro atoms. The van der Waals surface area contributed by atoms with Crippen LogP contribution in [-0.4, -0.2) is 38.6 Å². The maximum Gasteiger partial charge on any atom is 0.254 e. The van der Waals surface area contributed by atoms with Crippen LogP contribution in [0.25, 0.3) is 5.78 Å². The van der Waals surface area contributed by atoms with Crippen LogP contribution in [0.15, 0.2) is 30.6 Å². The molecule has 0 saturated carbocycles. The lowest BCUT2D eigenvalue weighted by Crippen LogP contribution is -2.39. The number of rotatable bonds is 3. The van der Waals surface area contributed by atoms with Crippen molar-refractivity contribution in [1.82, 2.24) is 19.6 Å². The van der Waals surface area contributed by atoms with E-state index in [0.29, 0.717) is 11.5 Å². The van der Waals surface area contributed by atoms with Crippen LogP contribution in [0.2, 0.25) is 0 Å². The van der Waals surface area contributed by atoms with Crippen molar-refractivity contribution in [1.29, 1.82) is 0 Å². The molecule has 0 unspecified atom stereocenters. The van der Waals surface area contributed by atoms with Crippen molar-refractivity contribution in [3.8, 4) is 0 Å². The number of nitrogens with zero attached hydrogens (tertiary/aromatic N) is 5. The number of aromatic nitrogens is 4. The zero-order valence-electron chi connectivity index (χ0n) is 15.3. The van der Waals surface area contributed by atoms with E-state index in [1.807, 2.05) is 13.8 Å². The molecule has 1 amide bonds. The molecular formula is C19H21FN6O. The third-order valence-electron chi connectivity index (χ3n) is 5.13. The molecule has 1 N–H and O–H groups in total. The van der Waals surface area contributed by atoms with E-state index in [1.54, 1.807) is 16.6 Å². The van der Waals surface area contributed by atoms with Crippen LogP contribution in [0.5, 0.6) is 0 Å². The number of hydrogen-bond acceptors (Lipinski definition) is 5. The molecule has 3 heterocycles. The number of nitrogens with one attached hydrogen (secondary N) is 1. The summed E-state index contributed by atoms with van der Waals surface area (Å²) in [5.41, 5.74) is 2.49. The summed E-state index contributed by atoms with van der Waals surface area (Å²) in [6.07, 6.45) is 2.94. The van der Waals surface area contributed by atoms with Gasteiger partial charge in [0.25, 0.3) is 5.78 Å². The monoisotopic (exact) mass is 368 g/mol. The van der Waals surface area contributed by atoms with Gasteiger partial charge in [-0.1, -0.05) is 6.07 Å². The third kappa shape index (κ3) is 3.34. The zero-order chi connectivity index (χ0) is 19.0. The molecule has 1 saturated heterocycles. The Morgan fingerprint density at radius 2 is 2.04 bits per heavy atom. The van der Waals surface area contributed by atoms with Crippen LogP contribution in [0.1, 0.15) is 24.1 Å². The highest BCUT2D eigenvalue weighted by Gasteiger charge is 2.28. The van der Waals surface area contributed by atoms with E-state index in [1.165, 1.54) is 18.5 Å². The lowest BCUT2D eigenvalue weighted by atomic mass is 9.95. The molecule has 7 nitrogen and oxygen atoms in total. The Morgan fingerprint density at radius 1 is 1.26 bits per heavy atom. The second-order valence-electron chi connectivity index (χ2n) is 6.88. The molecule has 8 heteroatoms. The first-order valence-corrected chi connectivity index (χ1v) is 9.01. The average Bonchev–Trinajstić information content (AvgIpc) is 3.10. The Hall–Kier alpha value is -3.03. The Kier molecular flexibility index (Phi) is 4.47. The van der Waals surface area contributed by atoms with Gasteiger partial charge < -0.3 is 10.2 Å². The molecule has 1 aliphatic heterocycles. The fourth-order valence-corrected chi connectivity index (χ4v) is 3.55. The fourth-order valence-electron chi connectivity index (χ4n) is 3.55. The van der Waals surface area contributed by atoms with Gasteiger partial charge in [-0.2, -0.15) is 14.6 Å². The van der Waals surface area contributed by atoms with Gasteiger partial charge in [0.1, 0.15) is 18.0 Å². The van der Waals surface area contributed by atoms with E-state index in [0.717, 1.165) is 43.0 Å². The summed E-state index contributed by atoms with van der Waals surface area (Å²) in [4.78, 5) is 23.4. The van der Waals surface area contributed by atoms with Crippen molar-refractivity contribution in [3.63, 3.8) is 0 Å². The number of halogens is 1. The quantitative estimate of drug-likeness (QED) is 0.769. The number of carbonyl (C=O) groups is 1. The summed E-state index contributed by atoms with van der Waals surface area (Å²) in [6, 6.07) is 5.97. The van der Waals surface area contributed by atoms with Gasteiger partial charge >= 0.3 is 0 Å². The number of anilines is 2. The van der Waals surface area contributed by atoms with Gasteiger partial charge in [0, 0.05) is 36.0 Å². The first-order valence-electron chi connectivity index (χ1n) is 9.01. The number of hydrogen-bond donors (Lipinski definition) is 1. The van der Waals surface area contributed by atoms with Crippen LogP contribution in [-0.2, 0) is 4.79 Å². The van der Waals surface area contributed by atoms with Gasteiger partial charge in [-0.05, 0) is 44.9 Å². The van der Waals surface area contributed by atoms with E-state index >= 15 is 0 Å². The van der Waals surface area contributed by atoms with Gasteiger partial charge in [-0.3, -0.25) is 4.79 Å². The standard InChI is InChI=1S/C19H21FN6O/c1-12-13(2)23-19-21-11-22-26(19)18(12)25-8-6-14(7-9-25)17(27)24-16-5-3-4-15(20)10-16/h3-5,10-11,14H,6-9H2,1-2H3,(H,24,27). The van der Waals surface area contributed by atoms with Crippen LogP contribution < -0.4 is 10.2 Å². The maximum absolute atomic E-state index is 13.3. The molecule has 3 aromatic rings. The second kappa shape index (κ2) is 6.94. The zero-order valence-corrected chi connectivity index (χ0v) is 15.3. The topological polar surface area (TPSA) is 75.4 Å². The van der Waals surface area contributed by atoms with Gasteiger partial charge in [-0.15, -0.1) is 0 Å². The predicted octanol–water partition coefficient (Wildman–Crippen LogP) is 2.74. The molecule has 1 aliphatic rings. The number of fused-ring (bicyclic) bond motifs is 1. The van der Waals surface area contributed by atoms with Crippen LogP contribution in [0.4, 0.5) is 15.9 Å². The van der Waals surface area contributed by atoms with E-state index in [4.69, 9.17) is 0 Å². The molecule has 27 heavy (non-hydrogen) atoms. The molecule has 2 aromatic heterocycles. The number of aryl methyl sites for hydroxylation is 1. The highest BCUT2D eigenvalue weighted by molar-refractivity contribution is 5.92. The smallest absolute Gasteiger partial charge is 0.254 e. The number of amides is 1. The molecule has 0 radical (unpaired) electrons. The molecule has 1 fully saturated rings. The Bertz CT molecular complexity index is 993. The Morgan fingerprint density at radius 3 is 2.78 bits per heavy atom. The maximum atomic E-state index is 13.3. The van der Waals surface area contributed by atoms with Crippen molar-refractivity contribution in [2.24, 2.45) is 5.92 Å². The summed E-state index contributed by atoms with van der Waals surface area (Å²) < 4.78 is 15.1. The van der Waals surface area contributed by atoms with Crippen LogP contribution in [0, 0.1) is 25.6 Å². The predicted molar refractivity (Wildman–Crippen MR) is 100 cm³/mol. The summed E-state index contributed by atoms with van der Waals surface area (Å²) in [6.45, 7) is 5.47. The van der Waals surface area contributed by atoms with Crippen molar-refractivity contribution < 1.29 is 9.18 Å². The normalized spacial score (nSPS) is 15.3. The molecule has 0 aliphatic carbocycles. The minimum absolute atomic E-state index is 0.0613. The summed E-state index contributed by atoms with van der Waals surface area (Å²) in [5, 5.41) is 7.12. The van der Waals surface area contributed by atoms with Crippen molar-refractivity contribution in [2.45, 2.75) is 26.7 Å². The molecule has 0 atom stereocenters. The van der Waals surface area contributed by atoms with Gasteiger partial charge in [-0.25, -0.2) is 9.37 Å². The fraction of sp³-hybridized carbons (Fsp3) is 0.368. The molecular weight excluding hydrogens is 347 g/mol. The Labute approximate surface area is 156 Å². The highest BCUT2D eigenvalue weighted by atomic mass is 19.1. The number of benzene rings is 1. The summed E-state index contributed by atoms with van der Waals surface area (Å²) in [5.74, 6) is 1.05. The minimum atomic E-state index is -0.358. The van der Waals surface area contributed by atoms with Gasteiger partial charge in [0.15, 0.2) is 0 Å². The van der Waals surface area contributed by atoms with Crippen molar-refractivity contribution >= 4 is 23.2 Å². The first kappa shape index (κ1) is 17.4. The molecule has 0 bridgehead atoms. The number of carbonyl (C=O) groups excluding carboxylic acids is 1. The van der Waals surface area contributed by atoms with Crippen LogP contribution >= 0.6 is 0 Å². The van der Waals surface area contributed by atoms with Crippen molar-refractivity contribution in [3.05, 3.63) is 47.7 Å². The van der Waals surface area contributed by atoms with E-state index < -0.39 is 0 Å². The van der Waals surface area contributed by atoms with E-state index in [9.17, 15) is 9.18 Å². The molecule has 1 aromatic carbocycles. The summed E-state index contributed by atoms with van der Waals surface area (Å²) in [7, 11) is 0. The molecule has 4 rings (SSSR count). The highest BCUT2D eigenvalue weighted by Crippen LogP contribution is 2.28. The van der Waals surface area contributed by atoms with Crippen LogP contribution in [0.3, 0.4) is 0 Å². The lowest BCUT2D eigenvalue weighted by Gasteiger charge is -2.33. The summed E-state index contributed by atoms with van der Waals surface area (Å²) >= 11 is 0. The third-order valence-corrected chi connectivity index (χ3v) is 5.13.